The van der Waals surface area contributed by atoms with E-state index in [0.717, 1.165) is 16.3 Å². The van der Waals surface area contributed by atoms with Gasteiger partial charge >= 0.3 is 0 Å². The van der Waals surface area contributed by atoms with Crippen LogP contribution in [0.25, 0.3) is 10.1 Å². The lowest BCUT2D eigenvalue weighted by atomic mass is 10.2. The van der Waals surface area contributed by atoms with Gasteiger partial charge in [-0.1, -0.05) is 0 Å². The number of carbonyl (C=O) groups is 1. The number of hydrogen-bond donors (Lipinski definition) is 1. The highest BCUT2D eigenvalue weighted by Crippen LogP contribution is 2.30. The molecule has 0 fully saturated rings. The summed E-state index contributed by atoms with van der Waals surface area (Å²) in [6.07, 6.45) is 1.15. The number of nitrogens with one attached hydrogen (secondary N) is 1. The van der Waals surface area contributed by atoms with Crippen molar-refractivity contribution in [2.24, 2.45) is 0 Å². The van der Waals surface area contributed by atoms with E-state index in [-0.39, 0.29) is 5.91 Å². The van der Waals surface area contributed by atoms with Gasteiger partial charge in [0.2, 0.25) is 10.0 Å². The number of fused-ring (bicyclic) bond motifs is 1. The minimum atomic E-state index is -3.33. The number of benzene rings is 2. The summed E-state index contributed by atoms with van der Waals surface area (Å²) >= 11 is 1.36. The molecule has 1 heterocycles. The third kappa shape index (κ3) is 3.81. The Morgan fingerprint density at radius 1 is 1.12 bits per heavy atom. The number of thiophene rings is 1. The van der Waals surface area contributed by atoms with E-state index >= 15 is 0 Å². The minimum absolute atomic E-state index is 0.214. The molecule has 0 radical (unpaired) electrons. The van der Waals surface area contributed by atoms with Crippen LogP contribution in [-0.4, -0.2) is 34.7 Å². The van der Waals surface area contributed by atoms with Crippen molar-refractivity contribution in [3.63, 3.8) is 0 Å². The summed E-state index contributed by atoms with van der Waals surface area (Å²) < 4.78 is 30.6. The van der Waals surface area contributed by atoms with Gasteiger partial charge in [0, 0.05) is 17.4 Å². The SMILES string of the molecule is COc1ccc(NC(=O)c2cc3cc(N(C)S(C)(=O)=O)ccc3s2)cc1. The zero-order chi connectivity index (χ0) is 18.9. The van der Waals surface area contributed by atoms with Crippen LogP contribution >= 0.6 is 11.3 Å². The zero-order valence-corrected chi connectivity index (χ0v) is 16.1. The van der Waals surface area contributed by atoms with Crippen LogP contribution in [0, 0.1) is 0 Å². The number of methoxy groups -OCH3 is 1. The molecule has 1 N–H and O–H groups in total. The second kappa shape index (κ2) is 6.97. The Hall–Kier alpha value is -2.58. The maximum Gasteiger partial charge on any atom is 0.265 e. The van der Waals surface area contributed by atoms with Crippen molar-refractivity contribution in [3.05, 3.63) is 53.4 Å². The Labute approximate surface area is 156 Å². The first-order chi connectivity index (χ1) is 12.3. The highest BCUT2D eigenvalue weighted by atomic mass is 32.2. The fraction of sp³-hybridized carbons (Fsp3) is 0.167. The largest absolute Gasteiger partial charge is 0.497 e. The second-order valence-corrected chi connectivity index (χ2v) is 8.84. The minimum Gasteiger partial charge on any atom is -0.497 e. The molecule has 0 unspecified atom stereocenters. The molecule has 0 saturated carbocycles. The Bertz CT molecular complexity index is 1060. The van der Waals surface area contributed by atoms with E-state index in [4.69, 9.17) is 4.74 Å². The summed E-state index contributed by atoms with van der Waals surface area (Å²) in [5, 5.41) is 3.66. The smallest absolute Gasteiger partial charge is 0.265 e. The molecule has 3 rings (SSSR count). The van der Waals surface area contributed by atoms with Crippen molar-refractivity contribution in [1.29, 1.82) is 0 Å². The average Bonchev–Trinajstić information content (AvgIpc) is 3.04. The van der Waals surface area contributed by atoms with Crippen LogP contribution in [0.2, 0.25) is 0 Å². The molecule has 0 aliphatic heterocycles. The van der Waals surface area contributed by atoms with Crippen molar-refractivity contribution < 1.29 is 17.9 Å². The maximum atomic E-state index is 12.5. The van der Waals surface area contributed by atoms with Crippen molar-refractivity contribution >= 4 is 48.7 Å². The summed E-state index contributed by atoms with van der Waals surface area (Å²) in [4.78, 5) is 13.0. The zero-order valence-electron chi connectivity index (χ0n) is 14.5. The van der Waals surface area contributed by atoms with Crippen molar-refractivity contribution in [3.8, 4) is 5.75 Å². The van der Waals surface area contributed by atoms with E-state index in [1.807, 2.05) is 6.07 Å². The number of carbonyl (C=O) groups excluding carboxylic acids is 1. The Morgan fingerprint density at radius 2 is 1.81 bits per heavy atom. The molecule has 8 heteroatoms. The van der Waals surface area contributed by atoms with E-state index < -0.39 is 10.0 Å². The summed E-state index contributed by atoms with van der Waals surface area (Å²) in [7, 11) is -0.250. The first-order valence-corrected chi connectivity index (χ1v) is 10.4. The van der Waals surface area contributed by atoms with E-state index in [2.05, 4.69) is 5.32 Å². The monoisotopic (exact) mass is 390 g/mol. The third-order valence-corrected chi connectivity index (χ3v) is 6.25. The lowest BCUT2D eigenvalue weighted by molar-refractivity contribution is 0.103. The molecule has 3 aromatic rings. The molecule has 136 valence electrons. The Kier molecular flexibility index (Phi) is 4.88. The van der Waals surface area contributed by atoms with E-state index in [1.54, 1.807) is 49.6 Å². The molecule has 26 heavy (non-hydrogen) atoms. The first kappa shape index (κ1) is 18.2. The Balaban J connectivity index is 1.84. The van der Waals surface area contributed by atoms with Crippen LogP contribution < -0.4 is 14.4 Å². The van der Waals surface area contributed by atoms with Gasteiger partial charge in [-0.3, -0.25) is 9.10 Å². The van der Waals surface area contributed by atoms with Crippen LogP contribution in [0.3, 0.4) is 0 Å². The lowest BCUT2D eigenvalue weighted by Gasteiger charge is -2.16. The molecular formula is C18H18N2O4S2. The fourth-order valence-electron chi connectivity index (χ4n) is 2.40. The molecule has 6 nitrogen and oxygen atoms in total. The highest BCUT2D eigenvalue weighted by molar-refractivity contribution is 7.92. The number of nitrogens with zero attached hydrogens (tertiary/aromatic N) is 1. The van der Waals surface area contributed by atoms with Crippen LogP contribution in [0.15, 0.2) is 48.5 Å². The standard InChI is InChI=1S/C18H18N2O4S2/c1-20(26(3,22)23)14-6-9-16-12(10-14)11-17(25-16)18(21)19-13-4-7-15(24-2)8-5-13/h4-11H,1-3H3,(H,19,21). The number of ether oxygens (including phenoxy) is 1. The molecule has 0 saturated heterocycles. The summed E-state index contributed by atoms with van der Waals surface area (Å²) in [5.74, 6) is 0.502. The predicted octanol–water partition coefficient (Wildman–Crippen LogP) is 3.56. The number of anilines is 2. The second-order valence-electron chi connectivity index (χ2n) is 5.75. The molecule has 1 amide bonds. The van der Waals surface area contributed by atoms with E-state index in [9.17, 15) is 13.2 Å². The van der Waals surface area contributed by atoms with Gasteiger partial charge in [-0.2, -0.15) is 0 Å². The molecule has 0 bridgehead atoms. The summed E-state index contributed by atoms with van der Waals surface area (Å²) in [6, 6.07) is 14.1. The van der Waals surface area contributed by atoms with Gasteiger partial charge in [-0.05, 0) is 53.9 Å². The van der Waals surface area contributed by atoms with Gasteiger partial charge in [-0.25, -0.2) is 8.42 Å². The topological polar surface area (TPSA) is 75.7 Å². The molecule has 0 aliphatic carbocycles. The molecule has 0 spiro atoms. The maximum absolute atomic E-state index is 12.5. The van der Waals surface area contributed by atoms with Gasteiger partial charge in [0.25, 0.3) is 5.91 Å². The number of rotatable bonds is 5. The normalized spacial score (nSPS) is 11.3. The fourth-order valence-corrected chi connectivity index (χ4v) is 3.83. The highest BCUT2D eigenvalue weighted by Gasteiger charge is 2.15. The third-order valence-electron chi connectivity index (χ3n) is 3.93. The lowest BCUT2D eigenvalue weighted by Crippen LogP contribution is -2.24. The van der Waals surface area contributed by atoms with Gasteiger partial charge in [-0.15, -0.1) is 11.3 Å². The van der Waals surface area contributed by atoms with Crippen molar-refractivity contribution in [2.75, 3.05) is 30.0 Å². The van der Waals surface area contributed by atoms with Gasteiger partial charge in [0.05, 0.1) is 23.9 Å². The summed E-state index contributed by atoms with van der Waals surface area (Å²) in [6.45, 7) is 0. The Morgan fingerprint density at radius 3 is 2.42 bits per heavy atom. The van der Waals surface area contributed by atoms with Crippen LogP contribution in [-0.2, 0) is 10.0 Å². The first-order valence-electron chi connectivity index (χ1n) is 7.71. The predicted molar refractivity (Wildman–Crippen MR) is 106 cm³/mol. The van der Waals surface area contributed by atoms with Crippen molar-refractivity contribution in [2.45, 2.75) is 0 Å². The number of sulfonamides is 1. The molecular weight excluding hydrogens is 372 g/mol. The molecule has 0 aliphatic rings. The average molecular weight is 390 g/mol. The summed E-state index contributed by atoms with van der Waals surface area (Å²) in [5.41, 5.74) is 1.23. The van der Waals surface area contributed by atoms with Gasteiger partial charge in [0.1, 0.15) is 5.75 Å². The molecule has 2 aromatic carbocycles. The van der Waals surface area contributed by atoms with E-state index in [0.29, 0.717) is 22.0 Å². The van der Waals surface area contributed by atoms with Crippen LogP contribution in [0.4, 0.5) is 11.4 Å². The van der Waals surface area contributed by atoms with Crippen molar-refractivity contribution in [1.82, 2.24) is 0 Å². The van der Waals surface area contributed by atoms with E-state index in [1.165, 1.54) is 22.7 Å². The van der Waals surface area contributed by atoms with Crippen LogP contribution in [0.1, 0.15) is 9.67 Å². The molecule has 0 atom stereocenters. The molecule has 1 aromatic heterocycles. The number of hydrogen-bond acceptors (Lipinski definition) is 5. The van der Waals surface area contributed by atoms with Gasteiger partial charge < -0.3 is 10.1 Å². The van der Waals surface area contributed by atoms with Crippen LogP contribution in [0.5, 0.6) is 5.75 Å². The van der Waals surface area contributed by atoms with Gasteiger partial charge in [0.15, 0.2) is 0 Å². The number of amides is 1. The quantitative estimate of drug-likeness (QED) is 0.723.